The van der Waals surface area contributed by atoms with E-state index in [1.54, 1.807) is 0 Å². The third kappa shape index (κ3) is 3.14. The van der Waals surface area contributed by atoms with Crippen LogP contribution in [0.4, 0.5) is 0 Å². The zero-order chi connectivity index (χ0) is 12.1. The van der Waals surface area contributed by atoms with Gasteiger partial charge in [0.15, 0.2) is 5.78 Å². The number of rotatable bonds is 4. The van der Waals surface area contributed by atoms with Gasteiger partial charge in [0.1, 0.15) is 0 Å². The maximum absolute atomic E-state index is 11.5. The standard InChI is InChI=1S/C15H16O2/c1-2-15(16)12-7-6-10-14(11-12)17-13-8-4-3-5-9-13/h2-8,11,13-14H,1,9-10H2. The number of carbonyl (C=O) groups excluding carboxylic acids is 1. The Labute approximate surface area is 102 Å². The lowest BCUT2D eigenvalue weighted by atomic mass is 10.0. The van der Waals surface area contributed by atoms with E-state index < -0.39 is 0 Å². The number of hydrogen-bond donors (Lipinski definition) is 0. The van der Waals surface area contributed by atoms with Gasteiger partial charge >= 0.3 is 0 Å². The third-order valence-electron chi connectivity index (χ3n) is 2.79. The van der Waals surface area contributed by atoms with E-state index in [9.17, 15) is 4.79 Å². The first-order valence-electron chi connectivity index (χ1n) is 5.83. The normalized spacial score (nSPS) is 26.7. The molecule has 0 saturated carbocycles. The predicted octanol–water partition coefficient (Wildman–Crippen LogP) is 2.90. The minimum atomic E-state index is -0.0476. The molecule has 2 aliphatic rings. The molecule has 2 heteroatoms. The zero-order valence-electron chi connectivity index (χ0n) is 9.71. The van der Waals surface area contributed by atoms with Crippen LogP contribution in [0.2, 0.25) is 0 Å². The summed E-state index contributed by atoms with van der Waals surface area (Å²) < 4.78 is 5.90. The van der Waals surface area contributed by atoms with E-state index in [2.05, 4.69) is 12.7 Å². The van der Waals surface area contributed by atoms with Crippen molar-refractivity contribution in [2.45, 2.75) is 25.0 Å². The van der Waals surface area contributed by atoms with Crippen LogP contribution in [0.5, 0.6) is 0 Å². The lowest BCUT2D eigenvalue weighted by molar-refractivity contribution is -0.111. The minimum absolute atomic E-state index is 0.0138. The molecule has 0 aromatic carbocycles. The van der Waals surface area contributed by atoms with Crippen molar-refractivity contribution in [1.82, 2.24) is 0 Å². The van der Waals surface area contributed by atoms with Gasteiger partial charge in [-0.25, -0.2) is 0 Å². The first kappa shape index (κ1) is 11.8. The number of allylic oxidation sites excluding steroid dienone is 5. The largest absolute Gasteiger partial charge is 0.366 e. The lowest BCUT2D eigenvalue weighted by Crippen LogP contribution is -2.21. The molecule has 0 bridgehead atoms. The second kappa shape index (κ2) is 5.60. The van der Waals surface area contributed by atoms with Crippen molar-refractivity contribution in [3.63, 3.8) is 0 Å². The molecule has 88 valence electrons. The average molecular weight is 228 g/mol. The maximum atomic E-state index is 11.5. The highest BCUT2D eigenvalue weighted by Crippen LogP contribution is 2.19. The molecule has 0 aromatic heterocycles. The predicted molar refractivity (Wildman–Crippen MR) is 68.6 cm³/mol. The molecule has 2 unspecified atom stereocenters. The Bertz CT molecular complexity index is 424. The van der Waals surface area contributed by atoms with Crippen LogP contribution in [-0.2, 0) is 9.53 Å². The summed E-state index contributed by atoms with van der Waals surface area (Å²) in [4.78, 5) is 11.5. The quantitative estimate of drug-likeness (QED) is 0.691. The van der Waals surface area contributed by atoms with Gasteiger partial charge in [-0.15, -0.1) is 0 Å². The van der Waals surface area contributed by atoms with Gasteiger partial charge in [-0.3, -0.25) is 4.79 Å². The Hall–Kier alpha value is -1.67. The second-order valence-corrected chi connectivity index (χ2v) is 4.09. The SMILES string of the molecule is C=CC(=O)C1=CC(OC2C=CC=CC2)CC=C1. The van der Waals surface area contributed by atoms with Gasteiger partial charge in [0.25, 0.3) is 0 Å². The summed E-state index contributed by atoms with van der Waals surface area (Å²) in [5.74, 6) is -0.0476. The molecule has 0 N–H and O–H groups in total. The molecular weight excluding hydrogens is 212 g/mol. The molecule has 0 fully saturated rings. The molecule has 2 nitrogen and oxygen atoms in total. The van der Waals surface area contributed by atoms with Crippen molar-refractivity contribution in [2.24, 2.45) is 0 Å². The maximum Gasteiger partial charge on any atom is 0.185 e. The van der Waals surface area contributed by atoms with Crippen LogP contribution in [0.3, 0.4) is 0 Å². The van der Waals surface area contributed by atoms with E-state index in [1.165, 1.54) is 6.08 Å². The van der Waals surface area contributed by atoms with Gasteiger partial charge in [0.2, 0.25) is 0 Å². The Kier molecular flexibility index (Phi) is 3.89. The molecular formula is C15H16O2. The van der Waals surface area contributed by atoms with Gasteiger partial charge in [-0.1, -0.05) is 43.0 Å². The van der Waals surface area contributed by atoms with Gasteiger partial charge < -0.3 is 4.74 Å². The summed E-state index contributed by atoms with van der Waals surface area (Å²) in [6.07, 6.45) is 17.0. The van der Waals surface area contributed by atoms with E-state index in [0.717, 1.165) is 12.8 Å². The molecule has 17 heavy (non-hydrogen) atoms. The molecule has 0 aromatic rings. The molecule has 0 amide bonds. The fourth-order valence-electron chi connectivity index (χ4n) is 1.91. The molecule has 2 atom stereocenters. The zero-order valence-corrected chi connectivity index (χ0v) is 9.71. The monoisotopic (exact) mass is 228 g/mol. The highest BCUT2D eigenvalue weighted by atomic mass is 16.5. The molecule has 2 aliphatic carbocycles. The third-order valence-corrected chi connectivity index (χ3v) is 2.79. The van der Waals surface area contributed by atoms with Crippen LogP contribution < -0.4 is 0 Å². The Balaban J connectivity index is 1.98. The summed E-state index contributed by atoms with van der Waals surface area (Å²) in [6.45, 7) is 3.49. The molecule has 0 saturated heterocycles. The van der Waals surface area contributed by atoms with E-state index in [0.29, 0.717) is 5.57 Å². The van der Waals surface area contributed by atoms with Crippen molar-refractivity contribution >= 4 is 5.78 Å². The van der Waals surface area contributed by atoms with Crippen LogP contribution in [-0.4, -0.2) is 18.0 Å². The van der Waals surface area contributed by atoms with Crippen molar-refractivity contribution in [3.05, 3.63) is 60.8 Å². The molecule has 0 spiro atoms. The number of ketones is 1. The Morgan fingerprint density at radius 2 is 2.12 bits per heavy atom. The van der Waals surface area contributed by atoms with Crippen molar-refractivity contribution in [3.8, 4) is 0 Å². The van der Waals surface area contributed by atoms with E-state index >= 15 is 0 Å². The smallest absolute Gasteiger partial charge is 0.185 e. The molecule has 0 heterocycles. The summed E-state index contributed by atoms with van der Waals surface area (Å²) in [5.41, 5.74) is 0.673. The van der Waals surface area contributed by atoms with Crippen LogP contribution in [0.15, 0.2) is 60.8 Å². The van der Waals surface area contributed by atoms with Crippen LogP contribution >= 0.6 is 0 Å². The highest BCUT2D eigenvalue weighted by molar-refractivity contribution is 6.05. The molecule has 0 aliphatic heterocycles. The van der Waals surface area contributed by atoms with Crippen molar-refractivity contribution in [1.29, 1.82) is 0 Å². The number of ether oxygens (including phenoxy) is 1. The summed E-state index contributed by atoms with van der Waals surface area (Å²) in [5, 5.41) is 0. The van der Waals surface area contributed by atoms with Crippen molar-refractivity contribution in [2.75, 3.05) is 0 Å². The first-order valence-corrected chi connectivity index (χ1v) is 5.83. The van der Waals surface area contributed by atoms with Gasteiger partial charge in [0, 0.05) is 5.57 Å². The van der Waals surface area contributed by atoms with Crippen LogP contribution in [0, 0.1) is 0 Å². The van der Waals surface area contributed by atoms with Crippen molar-refractivity contribution < 1.29 is 9.53 Å². The first-order chi connectivity index (χ1) is 8.29. The van der Waals surface area contributed by atoms with E-state index in [1.807, 2.05) is 36.5 Å². The molecule has 0 radical (unpaired) electrons. The molecule has 2 rings (SSSR count). The number of carbonyl (C=O) groups is 1. The summed E-state index contributed by atoms with van der Waals surface area (Å²) >= 11 is 0. The second-order valence-electron chi connectivity index (χ2n) is 4.09. The van der Waals surface area contributed by atoms with Gasteiger partial charge in [0.05, 0.1) is 12.2 Å². The Morgan fingerprint density at radius 1 is 1.29 bits per heavy atom. The topological polar surface area (TPSA) is 26.3 Å². The Morgan fingerprint density at radius 3 is 2.82 bits per heavy atom. The number of hydrogen-bond acceptors (Lipinski definition) is 2. The average Bonchev–Trinajstić information content (AvgIpc) is 2.39. The van der Waals surface area contributed by atoms with Crippen LogP contribution in [0.1, 0.15) is 12.8 Å². The van der Waals surface area contributed by atoms with E-state index in [-0.39, 0.29) is 18.0 Å². The summed E-state index contributed by atoms with van der Waals surface area (Å²) in [6, 6.07) is 0. The van der Waals surface area contributed by atoms with Gasteiger partial charge in [-0.2, -0.15) is 0 Å². The summed E-state index contributed by atoms with van der Waals surface area (Å²) in [7, 11) is 0. The minimum Gasteiger partial charge on any atom is -0.366 e. The van der Waals surface area contributed by atoms with E-state index in [4.69, 9.17) is 4.74 Å². The fourth-order valence-corrected chi connectivity index (χ4v) is 1.91. The fraction of sp³-hybridized carbons (Fsp3) is 0.267. The highest BCUT2D eigenvalue weighted by Gasteiger charge is 2.16. The van der Waals surface area contributed by atoms with Gasteiger partial charge in [-0.05, 0) is 25.0 Å². The van der Waals surface area contributed by atoms with Crippen LogP contribution in [0.25, 0.3) is 0 Å². The lowest BCUT2D eigenvalue weighted by Gasteiger charge is -2.22.